The van der Waals surface area contributed by atoms with Gasteiger partial charge in [0.15, 0.2) is 0 Å². The van der Waals surface area contributed by atoms with Crippen molar-refractivity contribution >= 4 is 11.9 Å². The molecule has 0 fully saturated rings. The maximum absolute atomic E-state index is 11.8. The fourth-order valence-corrected chi connectivity index (χ4v) is 1.56. The first-order valence-corrected chi connectivity index (χ1v) is 5.76. The summed E-state index contributed by atoms with van der Waals surface area (Å²) in [6.07, 6.45) is 1.31. The molecule has 2 aromatic heterocycles. The molecule has 0 atom stereocenters. The van der Waals surface area contributed by atoms with Crippen molar-refractivity contribution in [3.63, 3.8) is 0 Å². The van der Waals surface area contributed by atoms with E-state index in [-0.39, 0.29) is 17.8 Å². The van der Waals surface area contributed by atoms with Crippen molar-refractivity contribution in [2.45, 2.75) is 6.54 Å². The van der Waals surface area contributed by atoms with Crippen LogP contribution in [-0.2, 0) is 6.54 Å². The molecule has 0 aliphatic heterocycles. The second-order valence-corrected chi connectivity index (χ2v) is 4.03. The fourth-order valence-electron chi connectivity index (χ4n) is 1.56. The zero-order valence-corrected chi connectivity index (χ0v) is 10.5. The molecule has 2 heterocycles. The van der Waals surface area contributed by atoms with Gasteiger partial charge in [0.25, 0.3) is 11.5 Å². The number of hydrogen-bond donors (Lipinski definition) is 4. The number of carboxylic acids is 1. The highest BCUT2D eigenvalue weighted by Crippen LogP contribution is 2.01. The molecule has 0 aliphatic rings. The number of nitrogens with zero attached hydrogens (tertiary/aromatic N) is 1. The Bertz CT molecular complexity index is 779. The average Bonchev–Trinajstić information content (AvgIpc) is 2.44. The number of carbonyl (C=O) groups is 2. The van der Waals surface area contributed by atoms with E-state index < -0.39 is 23.1 Å². The molecule has 9 heteroatoms. The Kier molecular flexibility index (Phi) is 3.93. The maximum atomic E-state index is 11.8. The highest BCUT2D eigenvalue weighted by Gasteiger charge is 2.09. The monoisotopic (exact) mass is 290 g/mol. The summed E-state index contributed by atoms with van der Waals surface area (Å²) < 4.78 is 0. The number of pyridine rings is 1. The molecule has 0 spiro atoms. The Balaban J connectivity index is 2.10. The lowest BCUT2D eigenvalue weighted by atomic mass is 10.2. The molecule has 9 nitrogen and oxygen atoms in total. The van der Waals surface area contributed by atoms with Crippen LogP contribution < -0.4 is 16.6 Å². The number of hydrogen-bond acceptors (Lipinski definition) is 5. The van der Waals surface area contributed by atoms with Gasteiger partial charge < -0.3 is 15.4 Å². The molecule has 0 unspecified atom stereocenters. The molecule has 108 valence electrons. The predicted octanol–water partition coefficient (Wildman–Crippen LogP) is -0.914. The minimum atomic E-state index is -1.11. The van der Waals surface area contributed by atoms with E-state index in [0.29, 0.717) is 5.69 Å². The van der Waals surface area contributed by atoms with Crippen molar-refractivity contribution in [1.82, 2.24) is 20.3 Å². The Labute approximate surface area is 116 Å². The minimum absolute atomic E-state index is 0.0406. The van der Waals surface area contributed by atoms with Crippen LogP contribution in [0.1, 0.15) is 26.5 Å². The Morgan fingerprint density at radius 1 is 1.24 bits per heavy atom. The summed E-state index contributed by atoms with van der Waals surface area (Å²) in [7, 11) is 0. The smallest absolute Gasteiger partial charge is 0.335 e. The van der Waals surface area contributed by atoms with Gasteiger partial charge in [0.1, 0.15) is 5.69 Å². The quantitative estimate of drug-likeness (QED) is 0.573. The molecule has 1 amide bonds. The van der Waals surface area contributed by atoms with Gasteiger partial charge >= 0.3 is 11.7 Å². The van der Waals surface area contributed by atoms with E-state index in [1.165, 1.54) is 18.3 Å². The number of amides is 1. The number of H-pyrrole nitrogens is 2. The van der Waals surface area contributed by atoms with Crippen molar-refractivity contribution < 1.29 is 14.7 Å². The summed E-state index contributed by atoms with van der Waals surface area (Å²) in [5.41, 5.74) is -1.32. The summed E-state index contributed by atoms with van der Waals surface area (Å²) in [5.74, 6) is -1.79. The molecular formula is C12H10N4O5. The minimum Gasteiger partial charge on any atom is -0.478 e. The number of aromatic nitrogens is 3. The SMILES string of the molecule is O=C(O)c1ccnc(CNC(=O)c2cc(=O)[nH]c(=O)[nH]2)c1. The maximum Gasteiger partial charge on any atom is 0.335 e. The number of aromatic carboxylic acids is 1. The summed E-state index contributed by atoms with van der Waals surface area (Å²) >= 11 is 0. The van der Waals surface area contributed by atoms with E-state index in [1.807, 2.05) is 4.98 Å². The summed E-state index contributed by atoms with van der Waals surface area (Å²) in [5, 5.41) is 11.3. The lowest BCUT2D eigenvalue weighted by Crippen LogP contribution is -2.30. The second-order valence-electron chi connectivity index (χ2n) is 4.03. The first-order valence-electron chi connectivity index (χ1n) is 5.76. The van der Waals surface area contributed by atoms with Crippen LogP contribution in [0.4, 0.5) is 0 Å². The van der Waals surface area contributed by atoms with Gasteiger partial charge in [-0.2, -0.15) is 0 Å². The topological polar surface area (TPSA) is 145 Å². The van der Waals surface area contributed by atoms with E-state index >= 15 is 0 Å². The zero-order chi connectivity index (χ0) is 15.4. The summed E-state index contributed by atoms with van der Waals surface area (Å²) in [4.78, 5) is 52.7. The standard InChI is InChI=1S/C12H10N4O5/c17-9-4-8(15-12(21)16-9)10(18)14-5-7-3-6(11(19)20)1-2-13-7/h1-4H,5H2,(H,14,18)(H,19,20)(H2,15,16,17,21). The normalized spacial score (nSPS) is 10.1. The van der Waals surface area contributed by atoms with Crippen LogP contribution in [0.25, 0.3) is 0 Å². The van der Waals surface area contributed by atoms with Crippen molar-refractivity contribution in [1.29, 1.82) is 0 Å². The number of carbonyl (C=O) groups excluding carboxylic acids is 1. The van der Waals surface area contributed by atoms with E-state index in [0.717, 1.165) is 6.07 Å². The van der Waals surface area contributed by atoms with Gasteiger partial charge in [0.05, 0.1) is 17.8 Å². The first-order chi connectivity index (χ1) is 9.95. The van der Waals surface area contributed by atoms with Gasteiger partial charge in [-0.05, 0) is 12.1 Å². The average molecular weight is 290 g/mol. The molecule has 21 heavy (non-hydrogen) atoms. The van der Waals surface area contributed by atoms with Gasteiger partial charge in [-0.15, -0.1) is 0 Å². The Morgan fingerprint density at radius 3 is 2.67 bits per heavy atom. The van der Waals surface area contributed by atoms with Gasteiger partial charge in [0, 0.05) is 12.3 Å². The van der Waals surface area contributed by atoms with E-state index in [9.17, 15) is 19.2 Å². The number of nitrogens with one attached hydrogen (secondary N) is 3. The number of rotatable bonds is 4. The molecule has 2 rings (SSSR count). The fraction of sp³-hybridized carbons (Fsp3) is 0.0833. The lowest BCUT2D eigenvalue weighted by molar-refractivity contribution is 0.0696. The van der Waals surface area contributed by atoms with Crippen LogP contribution in [0.5, 0.6) is 0 Å². The molecule has 0 bridgehead atoms. The molecular weight excluding hydrogens is 280 g/mol. The molecule has 4 N–H and O–H groups in total. The molecule has 0 radical (unpaired) electrons. The van der Waals surface area contributed by atoms with Crippen LogP contribution in [0.2, 0.25) is 0 Å². The molecule has 2 aromatic rings. The molecule has 0 aromatic carbocycles. The van der Waals surface area contributed by atoms with Crippen LogP contribution in [0.3, 0.4) is 0 Å². The molecule has 0 saturated carbocycles. The van der Waals surface area contributed by atoms with E-state index in [1.54, 1.807) is 0 Å². The number of aromatic amines is 2. The van der Waals surface area contributed by atoms with Crippen LogP contribution in [-0.4, -0.2) is 31.9 Å². The van der Waals surface area contributed by atoms with Crippen molar-refractivity contribution in [3.05, 3.63) is 62.2 Å². The van der Waals surface area contributed by atoms with Crippen LogP contribution in [0, 0.1) is 0 Å². The summed E-state index contributed by atoms with van der Waals surface area (Å²) in [6, 6.07) is 3.57. The van der Waals surface area contributed by atoms with Crippen molar-refractivity contribution in [2.24, 2.45) is 0 Å². The Hall–Kier alpha value is -3.23. The largest absolute Gasteiger partial charge is 0.478 e. The highest BCUT2D eigenvalue weighted by atomic mass is 16.4. The van der Waals surface area contributed by atoms with Crippen molar-refractivity contribution in [2.75, 3.05) is 0 Å². The third-order valence-corrected chi connectivity index (χ3v) is 2.50. The molecule has 0 saturated heterocycles. The van der Waals surface area contributed by atoms with Gasteiger partial charge in [0.2, 0.25) is 0 Å². The zero-order valence-electron chi connectivity index (χ0n) is 10.5. The predicted molar refractivity (Wildman–Crippen MR) is 70.0 cm³/mol. The number of carboxylic acid groups (broad SMARTS) is 1. The third kappa shape index (κ3) is 3.62. The van der Waals surface area contributed by atoms with Gasteiger partial charge in [-0.25, -0.2) is 9.59 Å². The molecule has 0 aliphatic carbocycles. The van der Waals surface area contributed by atoms with Gasteiger partial charge in [-0.3, -0.25) is 19.6 Å². The van der Waals surface area contributed by atoms with E-state index in [2.05, 4.69) is 15.3 Å². The lowest BCUT2D eigenvalue weighted by Gasteiger charge is -2.05. The first kappa shape index (κ1) is 14.2. The van der Waals surface area contributed by atoms with Crippen molar-refractivity contribution in [3.8, 4) is 0 Å². The van der Waals surface area contributed by atoms with Crippen LogP contribution in [0.15, 0.2) is 34.0 Å². The van der Waals surface area contributed by atoms with E-state index in [4.69, 9.17) is 5.11 Å². The highest BCUT2D eigenvalue weighted by molar-refractivity contribution is 5.92. The Morgan fingerprint density at radius 2 is 2.00 bits per heavy atom. The third-order valence-electron chi connectivity index (χ3n) is 2.50. The summed E-state index contributed by atoms with van der Waals surface area (Å²) in [6.45, 7) is -0.0468. The second kappa shape index (κ2) is 5.82. The van der Waals surface area contributed by atoms with Gasteiger partial charge in [-0.1, -0.05) is 0 Å². The van der Waals surface area contributed by atoms with Crippen LogP contribution >= 0.6 is 0 Å².